The number of halogens is 2. The summed E-state index contributed by atoms with van der Waals surface area (Å²) >= 11 is 5.75. The van der Waals surface area contributed by atoms with Gasteiger partial charge in [0.2, 0.25) is 5.95 Å². The number of imidazole rings is 1. The average molecular weight is 270 g/mol. The maximum atomic E-state index is 13.6. The molecule has 0 fully saturated rings. The van der Waals surface area contributed by atoms with E-state index in [9.17, 15) is 4.39 Å². The summed E-state index contributed by atoms with van der Waals surface area (Å²) in [5, 5.41) is 0.0653. The Morgan fingerprint density at radius 1 is 1.39 bits per heavy atom. The van der Waals surface area contributed by atoms with Crippen LogP contribution in [-0.2, 0) is 0 Å². The van der Waals surface area contributed by atoms with E-state index in [2.05, 4.69) is 25.8 Å². The van der Waals surface area contributed by atoms with Crippen molar-refractivity contribution >= 4 is 28.6 Å². The summed E-state index contributed by atoms with van der Waals surface area (Å²) in [5.74, 6) is -0.0690. The molecule has 18 heavy (non-hydrogen) atoms. The van der Waals surface area contributed by atoms with Crippen molar-refractivity contribution in [3.63, 3.8) is 0 Å². The van der Waals surface area contributed by atoms with Crippen LogP contribution < -0.4 is 5.73 Å². The molecule has 5 heteroatoms. The van der Waals surface area contributed by atoms with Crippen LogP contribution in [0.5, 0.6) is 0 Å². The summed E-state index contributed by atoms with van der Waals surface area (Å²) in [5.41, 5.74) is 7.23. The third-order valence-electron chi connectivity index (χ3n) is 3.40. The number of fused-ring (bicyclic) bond motifs is 1. The Kier molecular flexibility index (Phi) is 3.01. The van der Waals surface area contributed by atoms with Crippen molar-refractivity contribution in [2.45, 2.75) is 33.7 Å². The molecule has 0 spiro atoms. The van der Waals surface area contributed by atoms with E-state index in [1.807, 2.05) is 11.5 Å². The van der Waals surface area contributed by atoms with Gasteiger partial charge >= 0.3 is 0 Å². The Hall–Kier alpha value is -1.29. The normalized spacial score (nSPS) is 14.1. The molecule has 2 aromatic rings. The van der Waals surface area contributed by atoms with Gasteiger partial charge in [0.1, 0.15) is 5.82 Å². The Balaban J connectivity index is 2.71. The van der Waals surface area contributed by atoms with E-state index in [1.54, 1.807) is 0 Å². The van der Waals surface area contributed by atoms with E-state index in [4.69, 9.17) is 17.3 Å². The van der Waals surface area contributed by atoms with Crippen LogP contribution in [0.15, 0.2) is 12.1 Å². The van der Waals surface area contributed by atoms with Gasteiger partial charge in [-0.25, -0.2) is 9.37 Å². The number of aromatic nitrogens is 2. The second kappa shape index (κ2) is 4.12. The summed E-state index contributed by atoms with van der Waals surface area (Å²) < 4.78 is 15.4. The number of nitrogens with zero attached hydrogens (tertiary/aromatic N) is 2. The third-order valence-corrected chi connectivity index (χ3v) is 3.69. The van der Waals surface area contributed by atoms with Gasteiger partial charge in [0, 0.05) is 12.1 Å². The van der Waals surface area contributed by atoms with Crippen LogP contribution in [0.2, 0.25) is 5.02 Å². The van der Waals surface area contributed by atoms with Crippen molar-refractivity contribution in [3.8, 4) is 0 Å². The van der Waals surface area contributed by atoms with Crippen LogP contribution in [-0.4, -0.2) is 9.55 Å². The first-order valence-corrected chi connectivity index (χ1v) is 6.22. The van der Waals surface area contributed by atoms with Gasteiger partial charge in [0.15, 0.2) is 0 Å². The number of benzene rings is 1. The van der Waals surface area contributed by atoms with Crippen LogP contribution in [0.1, 0.15) is 33.7 Å². The quantitative estimate of drug-likeness (QED) is 0.850. The Morgan fingerprint density at radius 2 is 2.00 bits per heavy atom. The Morgan fingerprint density at radius 3 is 2.56 bits per heavy atom. The standard InChI is InChI=1S/C13H17ClFN3/c1-7(13(2,3)4)18-11-6-9(15)8(14)5-10(11)17-12(18)16/h5-7H,1-4H3,(H2,16,17). The van der Waals surface area contributed by atoms with Gasteiger partial charge in [-0.05, 0) is 18.4 Å². The highest BCUT2D eigenvalue weighted by Gasteiger charge is 2.25. The zero-order valence-corrected chi connectivity index (χ0v) is 11.7. The number of rotatable bonds is 1. The van der Waals surface area contributed by atoms with Crippen molar-refractivity contribution < 1.29 is 4.39 Å². The molecular weight excluding hydrogens is 253 g/mol. The SMILES string of the molecule is CC(n1c(N)nc2cc(Cl)c(F)cc21)C(C)(C)C. The number of hydrogen-bond donors (Lipinski definition) is 1. The maximum absolute atomic E-state index is 13.6. The summed E-state index contributed by atoms with van der Waals surface area (Å²) in [7, 11) is 0. The van der Waals surface area contributed by atoms with Crippen LogP contribution in [0, 0.1) is 11.2 Å². The first-order chi connectivity index (χ1) is 8.21. The van der Waals surface area contributed by atoms with Crippen molar-refractivity contribution in [1.82, 2.24) is 9.55 Å². The van der Waals surface area contributed by atoms with Crippen molar-refractivity contribution in [2.75, 3.05) is 5.73 Å². The first-order valence-electron chi connectivity index (χ1n) is 5.84. The lowest BCUT2D eigenvalue weighted by atomic mass is 9.88. The van der Waals surface area contributed by atoms with Crippen molar-refractivity contribution in [2.24, 2.45) is 5.41 Å². The smallest absolute Gasteiger partial charge is 0.201 e. The van der Waals surface area contributed by atoms with Crippen molar-refractivity contribution in [1.29, 1.82) is 0 Å². The van der Waals surface area contributed by atoms with Gasteiger partial charge in [-0.1, -0.05) is 32.4 Å². The fraction of sp³-hybridized carbons (Fsp3) is 0.462. The number of anilines is 1. The molecule has 0 aliphatic heterocycles. The van der Waals surface area contributed by atoms with Crippen LogP contribution >= 0.6 is 11.6 Å². The lowest BCUT2D eigenvalue weighted by Crippen LogP contribution is -2.22. The summed E-state index contributed by atoms with van der Waals surface area (Å²) in [6, 6.07) is 3.00. The molecule has 0 aliphatic carbocycles. The van der Waals surface area contributed by atoms with Gasteiger partial charge in [0.05, 0.1) is 16.1 Å². The van der Waals surface area contributed by atoms with Crippen LogP contribution in [0.25, 0.3) is 11.0 Å². The molecule has 0 aliphatic rings. The zero-order valence-electron chi connectivity index (χ0n) is 11.0. The molecule has 1 aromatic carbocycles. The van der Waals surface area contributed by atoms with E-state index in [0.29, 0.717) is 17.0 Å². The lowest BCUT2D eigenvalue weighted by Gasteiger charge is -2.29. The first kappa shape index (κ1) is 13.1. The van der Waals surface area contributed by atoms with E-state index in [-0.39, 0.29) is 16.5 Å². The summed E-state index contributed by atoms with van der Waals surface area (Å²) in [6.07, 6.45) is 0. The van der Waals surface area contributed by atoms with E-state index < -0.39 is 5.82 Å². The molecule has 3 nitrogen and oxygen atoms in total. The third kappa shape index (κ3) is 2.05. The summed E-state index contributed by atoms with van der Waals surface area (Å²) in [6.45, 7) is 8.36. The minimum atomic E-state index is -0.452. The predicted octanol–water partition coefficient (Wildman–Crippen LogP) is 4.02. The second-order valence-corrected chi connectivity index (χ2v) is 6.04. The molecule has 0 saturated carbocycles. The maximum Gasteiger partial charge on any atom is 0.201 e. The number of nitrogen functional groups attached to an aromatic ring is 1. The highest BCUT2D eigenvalue weighted by atomic mass is 35.5. The molecule has 0 saturated heterocycles. The largest absolute Gasteiger partial charge is 0.369 e. The summed E-state index contributed by atoms with van der Waals surface area (Å²) in [4.78, 5) is 4.24. The zero-order chi connectivity index (χ0) is 13.7. The van der Waals surface area contributed by atoms with Crippen LogP contribution in [0.4, 0.5) is 10.3 Å². The average Bonchev–Trinajstić information content (AvgIpc) is 2.52. The van der Waals surface area contributed by atoms with Gasteiger partial charge in [-0.2, -0.15) is 0 Å². The Labute approximate surface area is 111 Å². The van der Waals surface area contributed by atoms with E-state index in [0.717, 1.165) is 0 Å². The Bertz CT molecular complexity index is 598. The lowest BCUT2D eigenvalue weighted by molar-refractivity contribution is 0.270. The molecule has 98 valence electrons. The minimum absolute atomic E-state index is 0.00212. The fourth-order valence-electron chi connectivity index (χ4n) is 1.90. The molecule has 1 atom stereocenters. The van der Waals surface area contributed by atoms with E-state index in [1.165, 1.54) is 12.1 Å². The van der Waals surface area contributed by atoms with Gasteiger partial charge < -0.3 is 10.3 Å². The number of hydrogen-bond acceptors (Lipinski definition) is 2. The molecule has 2 N–H and O–H groups in total. The molecular formula is C13H17ClFN3. The molecule has 1 aromatic heterocycles. The highest BCUT2D eigenvalue weighted by molar-refractivity contribution is 6.31. The minimum Gasteiger partial charge on any atom is -0.369 e. The fourth-order valence-corrected chi connectivity index (χ4v) is 2.06. The molecule has 1 unspecified atom stereocenters. The number of nitrogens with two attached hydrogens (primary N) is 1. The van der Waals surface area contributed by atoms with Gasteiger partial charge in [-0.3, -0.25) is 0 Å². The predicted molar refractivity (Wildman–Crippen MR) is 73.3 cm³/mol. The van der Waals surface area contributed by atoms with Gasteiger partial charge in [-0.15, -0.1) is 0 Å². The molecule has 1 heterocycles. The highest BCUT2D eigenvalue weighted by Crippen LogP contribution is 2.35. The molecule has 0 bridgehead atoms. The monoisotopic (exact) mass is 269 g/mol. The van der Waals surface area contributed by atoms with Crippen molar-refractivity contribution in [3.05, 3.63) is 23.0 Å². The molecule has 2 rings (SSSR count). The van der Waals surface area contributed by atoms with Gasteiger partial charge in [0.25, 0.3) is 0 Å². The van der Waals surface area contributed by atoms with Crippen LogP contribution in [0.3, 0.4) is 0 Å². The molecule has 0 radical (unpaired) electrons. The second-order valence-electron chi connectivity index (χ2n) is 5.64. The topological polar surface area (TPSA) is 43.8 Å². The van der Waals surface area contributed by atoms with E-state index >= 15 is 0 Å². The molecule has 0 amide bonds.